The van der Waals surface area contributed by atoms with E-state index in [1.165, 1.54) is 37.9 Å². The first kappa shape index (κ1) is 29.7. The largest absolute Gasteiger partial charge is 0.416 e. The van der Waals surface area contributed by atoms with Gasteiger partial charge in [0.1, 0.15) is 5.82 Å². The quantitative estimate of drug-likeness (QED) is 0.404. The van der Waals surface area contributed by atoms with Crippen LogP contribution >= 0.6 is 0 Å². The number of halogens is 7. The predicted octanol–water partition coefficient (Wildman–Crippen LogP) is 6.28. The van der Waals surface area contributed by atoms with Crippen LogP contribution in [0.25, 0.3) is 0 Å². The van der Waals surface area contributed by atoms with Crippen molar-refractivity contribution in [3.8, 4) is 0 Å². The van der Waals surface area contributed by atoms with E-state index < -0.39 is 58.1 Å². The first-order valence-corrected chi connectivity index (χ1v) is 12.9. The number of hydrogen-bond acceptors (Lipinski definition) is 2. The molecule has 12 heteroatoms. The summed E-state index contributed by atoms with van der Waals surface area (Å²) in [4.78, 5) is 31.6. The Morgan fingerprint density at radius 1 is 0.800 bits per heavy atom. The van der Waals surface area contributed by atoms with Gasteiger partial charge in [0.2, 0.25) is 5.91 Å². The highest BCUT2D eigenvalue weighted by Gasteiger charge is 2.46. The van der Waals surface area contributed by atoms with Gasteiger partial charge in [-0.25, -0.2) is 9.18 Å². The summed E-state index contributed by atoms with van der Waals surface area (Å²) in [6.07, 6.45) is -8.38. The standard InChI is InChI=1S/C28H30F7N3O2/c1-26(2,18-12-19(27(30,31)32)14-20(13-18)28(33,34)35)24(39)36(3)23-16-38(25(40)37-10-4-5-11-37)15-22(23)17-6-8-21(29)9-7-17/h6-9,12-14,22-23H,4-5,10-11,15-16H2,1-3H3/t22-,23+/m0/s1. The molecule has 2 aromatic rings. The number of alkyl halides is 6. The molecule has 2 atom stereocenters. The zero-order valence-electron chi connectivity index (χ0n) is 22.2. The van der Waals surface area contributed by atoms with Crippen LogP contribution in [-0.2, 0) is 22.6 Å². The zero-order valence-corrected chi connectivity index (χ0v) is 22.2. The van der Waals surface area contributed by atoms with Gasteiger partial charge in [-0.2, -0.15) is 26.3 Å². The van der Waals surface area contributed by atoms with Crippen molar-refractivity contribution in [2.45, 2.75) is 56.4 Å². The van der Waals surface area contributed by atoms with Crippen LogP contribution in [0.4, 0.5) is 35.5 Å². The van der Waals surface area contributed by atoms with Crippen LogP contribution in [0.1, 0.15) is 54.9 Å². The van der Waals surface area contributed by atoms with Crippen LogP contribution in [0.15, 0.2) is 42.5 Å². The molecule has 0 bridgehead atoms. The average molecular weight is 574 g/mol. The molecule has 2 aliphatic rings. The molecule has 218 valence electrons. The third kappa shape index (κ3) is 5.90. The number of rotatable bonds is 4. The summed E-state index contributed by atoms with van der Waals surface area (Å²) in [5.74, 6) is -1.64. The maximum atomic E-state index is 13.8. The Kier molecular flexibility index (Phi) is 7.85. The Labute approximate surface area is 227 Å². The topological polar surface area (TPSA) is 43.9 Å². The highest BCUT2D eigenvalue weighted by molar-refractivity contribution is 5.88. The lowest BCUT2D eigenvalue weighted by atomic mass is 9.80. The lowest BCUT2D eigenvalue weighted by Gasteiger charge is -2.36. The molecule has 0 radical (unpaired) electrons. The van der Waals surface area contributed by atoms with E-state index in [-0.39, 0.29) is 25.2 Å². The zero-order chi connectivity index (χ0) is 29.6. The summed E-state index contributed by atoms with van der Waals surface area (Å²) >= 11 is 0. The minimum Gasteiger partial charge on any atom is -0.340 e. The Bertz CT molecular complexity index is 1220. The molecule has 0 spiro atoms. The number of urea groups is 1. The van der Waals surface area contributed by atoms with E-state index in [1.54, 1.807) is 21.9 Å². The Hall–Kier alpha value is -3.31. The van der Waals surface area contributed by atoms with E-state index in [1.807, 2.05) is 0 Å². The van der Waals surface area contributed by atoms with Crippen molar-refractivity contribution >= 4 is 11.9 Å². The van der Waals surface area contributed by atoms with Gasteiger partial charge < -0.3 is 14.7 Å². The number of benzene rings is 2. The second kappa shape index (κ2) is 10.6. The van der Waals surface area contributed by atoms with E-state index in [0.717, 1.165) is 12.8 Å². The first-order valence-electron chi connectivity index (χ1n) is 12.9. The average Bonchev–Trinajstić information content (AvgIpc) is 3.57. The van der Waals surface area contributed by atoms with E-state index in [4.69, 9.17) is 0 Å². The summed E-state index contributed by atoms with van der Waals surface area (Å²) in [6.45, 7) is 4.06. The first-order chi connectivity index (χ1) is 18.5. The maximum absolute atomic E-state index is 13.8. The SMILES string of the molecule is CN(C(=O)C(C)(C)c1cc(C(F)(F)F)cc(C(F)(F)F)c1)[C@@H]1CN(C(=O)N2CCCC2)C[C@H]1c1ccc(F)cc1. The molecule has 0 aliphatic carbocycles. The highest BCUT2D eigenvalue weighted by atomic mass is 19.4. The van der Waals surface area contributed by atoms with Crippen LogP contribution in [-0.4, -0.2) is 65.9 Å². The van der Waals surface area contributed by atoms with Crippen molar-refractivity contribution in [3.63, 3.8) is 0 Å². The Balaban J connectivity index is 1.69. The van der Waals surface area contributed by atoms with Crippen molar-refractivity contribution in [1.82, 2.24) is 14.7 Å². The Morgan fingerprint density at radius 2 is 1.30 bits per heavy atom. The molecule has 40 heavy (non-hydrogen) atoms. The molecule has 2 aromatic carbocycles. The third-order valence-corrected chi connectivity index (χ3v) is 7.90. The summed E-state index contributed by atoms with van der Waals surface area (Å²) in [5, 5.41) is 0. The van der Waals surface area contributed by atoms with Gasteiger partial charge in [-0.15, -0.1) is 0 Å². The fourth-order valence-corrected chi connectivity index (χ4v) is 5.51. The minimum atomic E-state index is -5.06. The van der Waals surface area contributed by atoms with Crippen LogP contribution in [0.2, 0.25) is 0 Å². The molecule has 2 aliphatic heterocycles. The predicted molar refractivity (Wildman–Crippen MR) is 133 cm³/mol. The molecule has 0 unspecified atom stereocenters. The molecule has 2 fully saturated rings. The summed E-state index contributed by atoms with van der Waals surface area (Å²) in [7, 11) is 1.42. The van der Waals surface area contributed by atoms with Crippen molar-refractivity contribution in [3.05, 3.63) is 70.5 Å². The second-order valence-electron chi connectivity index (χ2n) is 10.9. The number of likely N-dealkylation sites (N-methyl/N-ethyl adjacent to an activating group) is 1. The van der Waals surface area contributed by atoms with Gasteiger partial charge in [0.25, 0.3) is 0 Å². The van der Waals surface area contributed by atoms with E-state index in [0.29, 0.717) is 30.8 Å². The summed E-state index contributed by atoms with van der Waals surface area (Å²) in [5.41, 5.74) is -4.58. The van der Waals surface area contributed by atoms with Gasteiger partial charge in [0, 0.05) is 39.1 Å². The molecule has 4 rings (SSSR count). The summed E-state index contributed by atoms with van der Waals surface area (Å²) in [6, 6.07) is 5.89. The van der Waals surface area contributed by atoms with E-state index in [9.17, 15) is 40.3 Å². The lowest BCUT2D eigenvalue weighted by molar-refractivity contribution is -0.144. The fourth-order valence-electron chi connectivity index (χ4n) is 5.51. The van der Waals surface area contributed by atoms with Crippen LogP contribution in [0.5, 0.6) is 0 Å². The van der Waals surface area contributed by atoms with Crippen LogP contribution < -0.4 is 0 Å². The van der Waals surface area contributed by atoms with Gasteiger partial charge in [0.05, 0.1) is 22.6 Å². The number of carbonyl (C=O) groups is 2. The molecule has 0 N–H and O–H groups in total. The van der Waals surface area contributed by atoms with Gasteiger partial charge in [0.15, 0.2) is 0 Å². The normalized spacial score (nSPS) is 20.2. The maximum Gasteiger partial charge on any atom is 0.416 e. The summed E-state index contributed by atoms with van der Waals surface area (Å²) < 4.78 is 94.7. The third-order valence-electron chi connectivity index (χ3n) is 7.90. The fraction of sp³-hybridized carbons (Fsp3) is 0.500. The van der Waals surface area contributed by atoms with Crippen molar-refractivity contribution < 1.29 is 40.3 Å². The lowest BCUT2D eigenvalue weighted by Crippen LogP contribution is -2.49. The van der Waals surface area contributed by atoms with Gasteiger partial charge >= 0.3 is 18.4 Å². The number of amides is 3. The number of carbonyl (C=O) groups excluding carboxylic acids is 2. The smallest absolute Gasteiger partial charge is 0.340 e. The molecule has 0 aromatic heterocycles. The van der Waals surface area contributed by atoms with Crippen LogP contribution in [0, 0.1) is 5.82 Å². The van der Waals surface area contributed by atoms with E-state index >= 15 is 0 Å². The monoisotopic (exact) mass is 573 g/mol. The molecular weight excluding hydrogens is 543 g/mol. The molecule has 0 saturated carbocycles. The van der Waals surface area contributed by atoms with E-state index in [2.05, 4.69) is 0 Å². The molecule has 2 saturated heterocycles. The number of nitrogens with zero attached hydrogens (tertiary/aromatic N) is 3. The number of hydrogen-bond donors (Lipinski definition) is 0. The molecule has 3 amide bonds. The Morgan fingerprint density at radius 3 is 1.80 bits per heavy atom. The number of likely N-dealkylation sites (tertiary alicyclic amines) is 2. The minimum absolute atomic E-state index is 0.0250. The van der Waals surface area contributed by atoms with Crippen molar-refractivity contribution in [1.29, 1.82) is 0 Å². The molecule has 5 nitrogen and oxygen atoms in total. The molecular formula is C28H30F7N3O2. The van der Waals surface area contributed by atoms with Crippen molar-refractivity contribution in [2.24, 2.45) is 0 Å². The second-order valence-corrected chi connectivity index (χ2v) is 10.9. The molecule has 2 heterocycles. The van der Waals surface area contributed by atoms with Gasteiger partial charge in [-0.3, -0.25) is 4.79 Å². The van der Waals surface area contributed by atoms with Crippen LogP contribution in [0.3, 0.4) is 0 Å². The highest BCUT2D eigenvalue weighted by Crippen LogP contribution is 2.40. The van der Waals surface area contributed by atoms with Gasteiger partial charge in [-0.05, 0) is 68.1 Å². The van der Waals surface area contributed by atoms with Gasteiger partial charge in [-0.1, -0.05) is 12.1 Å². The van der Waals surface area contributed by atoms with Crippen molar-refractivity contribution in [2.75, 3.05) is 33.2 Å².